The van der Waals surface area contributed by atoms with Gasteiger partial charge in [-0.2, -0.15) is 0 Å². The zero-order chi connectivity index (χ0) is 13.7. The van der Waals surface area contributed by atoms with Crippen LogP contribution in [0.4, 0.5) is 8.78 Å². The standard InChI is InChI=1S/C16H28F2/c1-5-13-6-8-14(9-7-13)10-12(4)16(18)15(17)11(2)3/h5,11-16H,1,6-10H2,2-4H3. The van der Waals surface area contributed by atoms with Crippen LogP contribution >= 0.6 is 0 Å². The van der Waals surface area contributed by atoms with Gasteiger partial charge in [-0.15, -0.1) is 6.58 Å². The van der Waals surface area contributed by atoms with Crippen LogP contribution in [0, 0.1) is 23.7 Å². The van der Waals surface area contributed by atoms with Gasteiger partial charge in [-0.25, -0.2) is 8.78 Å². The molecule has 1 aliphatic carbocycles. The van der Waals surface area contributed by atoms with Gasteiger partial charge in [0, 0.05) is 0 Å². The Balaban J connectivity index is 2.36. The summed E-state index contributed by atoms with van der Waals surface area (Å²) < 4.78 is 27.6. The van der Waals surface area contributed by atoms with Crippen LogP contribution in [-0.4, -0.2) is 12.3 Å². The molecule has 0 aromatic carbocycles. The monoisotopic (exact) mass is 258 g/mol. The number of allylic oxidation sites excluding steroid dienone is 1. The second-order valence-corrected chi connectivity index (χ2v) is 6.36. The van der Waals surface area contributed by atoms with Gasteiger partial charge in [0.25, 0.3) is 0 Å². The van der Waals surface area contributed by atoms with Gasteiger partial charge in [0.2, 0.25) is 0 Å². The quantitative estimate of drug-likeness (QED) is 0.564. The minimum Gasteiger partial charge on any atom is -0.244 e. The molecule has 0 spiro atoms. The Morgan fingerprint density at radius 3 is 2.06 bits per heavy atom. The average molecular weight is 258 g/mol. The summed E-state index contributed by atoms with van der Waals surface area (Å²) in [6.07, 6.45) is 4.87. The molecule has 0 amide bonds. The highest BCUT2D eigenvalue weighted by atomic mass is 19.2. The van der Waals surface area contributed by atoms with Crippen LogP contribution in [0.3, 0.4) is 0 Å². The highest BCUT2D eigenvalue weighted by molar-refractivity contribution is 4.86. The van der Waals surface area contributed by atoms with E-state index in [0.29, 0.717) is 11.8 Å². The van der Waals surface area contributed by atoms with Crippen molar-refractivity contribution in [3.05, 3.63) is 12.7 Å². The molecule has 2 heteroatoms. The zero-order valence-electron chi connectivity index (χ0n) is 12.0. The van der Waals surface area contributed by atoms with Gasteiger partial charge in [0.05, 0.1) is 0 Å². The number of alkyl halides is 2. The first kappa shape index (κ1) is 15.7. The predicted octanol–water partition coefficient (Wildman–Crippen LogP) is 5.34. The first-order chi connectivity index (χ1) is 8.45. The summed E-state index contributed by atoms with van der Waals surface area (Å²) in [5.41, 5.74) is 0. The number of hydrogen-bond donors (Lipinski definition) is 0. The van der Waals surface area contributed by atoms with Gasteiger partial charge in [-0.05, 0) is 55.8 Å². The van der Waals surface area contributed by atoms with Gasteiger partial charge >= 0.3 is 0 Å². The Bertz CT molecular complexity index is 241. The second kappa shape index (κ2) is 7.25. The molecule has 1 saturated carbocycles. The third kappa shape index (κ3) is 4.37. The van der Waals surface area contributed by atoms with Crippen LogP contribution in [0.1, 0.15) is 52.9 Å². The highest BCUT2D eigenvalue weighted by Gasteiger charge is 2.31. The van der Waals surface area contributed by atoms with Gasteiger partial charge in [-0.3, -0.25) is 0 Å². The molecular weight excluding hydrogens is 230 g/mol. The lowest BCUT2D eigenvalue weighted by Gasteiger charge is -2.30. The van der Waals surface area contributed by atoms with Crippen LogP contribution < -0.4 is 0 Å². The van der Waals surface area contributed by atoms with Crippen molar-refractivity contribution in [3.63, 3.8) is 0 Å². The number of halogens is 2. The summed E-state index contributed by atoms with van der Waals surface area (Å²) in [6, 6.07) is 0. The van der Waals surface area contributed by atoms with Crippen molar-refractivity contribution in [2.75, 3.05) is 0 Å². The lowest BCUT2D eigenvalue weighted by molar-refractivity contribution is 0.0698. The third-order valence-electron chi connectivity index (χ3n) is 4.41. The minimum absolute atomic E-state index is 0.160. The maximum Gasteiger partial charge on any atom is 0.134 e. The molecule has 0 N–H and O–H groups in total. The van der Waals surface area contributed by atoms with E-state index < -0.39 is 12.3 Å². The second-order valence-electron chi connectivity index (χ2n) is 6.36. The largest absolute Gasteiger partial charge is 0.244 e. The fourth-order valence-corrected chi connectivity index (χ4v) is 3.00. The molecule has 0 aromatic rings. The molecule has 0 aliphatic heterocycles. The summed E-state index contributed by atoms with van der Waals surface area (Å²) in [5, 5.41) is 0. The summed E-state index contributed by atoms with van der Waals surface area (Å²) in [7, 11) is 0. The fraction of sp³-hybridized carbons (Fsp3) is 0.875. The van der Waals surface area contributed by atoms with Crippen LogP contribution in [0.5, 0.6) is 0 Å². The van der Waals surface area contributed by atoms with Crippen molar-refractivity contribution in [2.45, 2.75) is 65.2 Å². The summed E-state index contributed by atoms with van der Waals surface area (Å²) in [6.45, 7) is 9.19. The molecule has 0 bridgehead atoms. The molecule has 3 unspecified atom stereocenters. The Kier molecular flexibility index (Phi) is 6.31. The van der Waals surface area contributed by atoms with Crippen LogP contribution in [0.15, 0.2) is 12.7 Å². The molecule has 0 heterocycles. The summed E-state index contributed by atoms with van der Waals surface area (Å²) in [5.74, 6) is 0.836. The van der Waals surface area contributed by atoms with E-state index in [1.165, 1.54) is 12.8 Å². The van der Waals surface area contributed by atoms with E-state index in [1.54, 1.807) is 13.8 Å². The molecule has 18 heavy (non-hydrogen) atoms. The van der Waals surface area contributed by atoms with Crippen molar-refractivity contribution in [3.8, 4) is 0 Å². The van der Waals surface area contributed by atoms with Crippen molar-refractivity contribution in [1.29, 1.82) is 0 Å². The molecule has 0 aromatic heterocycles. The summed E-state index contributed by atoms with van der Waals surface area (Å²) >= 11 is 0. The zero-order valence-corrected chi connectivity index (χ0v) is 12.0. The topological polar surface area (TPSA) is 0 Å². The van der Waals surface area contributed by atoms with Gasteiger partial charge in [-0.1, -0.05) is 26.8 Å². The molecule has 3 atom stereocenters. The normalized spacial score (nSPS) is 29.9. The molecule has 0 radical (unpaired) electrons. The Hall–Kier alpha value is -0.400. The maximum atomic E-state index is 13.9. The van der Waals surface area contributed by atoms with Gasteiger partial charge in [0.1, 0.15) is 12.3 Å². The molecule has 1 fully saturated rings. The highest BCUT2D eigenvalue weighted by Crippen LogP contribution is 2.35. The van der Waals surface area contributed by atoms with Crippen LogP contribution in [-0.2, 0) is 0 Å². The predicted molar refractivity (Wildman–Crippen MR) is 74.1 cm³/mol. The van der Waals surface area contributed by atoms with Gasteiger partial charge < -0.3 is 0 Å². The van der Waals surface area contributed by atoms with Gasteiger partial charge in [0.15, 0.2) is 0 Å². The lowest BCUT2D eigenvalue weighted by Crippen LogP contribution is -2.30. The van der Waals surface area contributed by atoms with E-state index in [1.807, 2.05) is 13.0 Å². The van der Waals surface area contributed by atoms with Crippen LogP contribution in [0.2, 0.25) is 0 Å². The van der Waals surface area contributed by atoms with Crippen LogP contribution in [0.25, 0.3) is 0 Å². The van der Waals surface area contributed by atoms with E-state index in [2.05, 4.69) is 6.58 Å². The first-order valence-electron chi connectivity index (χ1n) is 7.36. The third-order valence-corrected chi connectivity index (χ3v) is 4.41. The smallest absolute Gasteiger partial charge is 0.134 e. The fourth-order valence-electron chi connectivity index (χ4n) is 3.00. The molecule has 0 nitrogen and oxygen atoms in total. The Morgan fingerprint density at radius 2 is 1.61 bits per heavy atom. The van der Waals surface area contributed by atoms with E-state index in [0.717, 1.165) is 19.3 Å². The molecule has 0 saturated heterocycles. The van der Waals surface area contributed by atoms with E-state index in [-0.39, 0.29) is 11.8 Å². The van der Waals surface area contributed by atoms with Crippen molar-refractivity contribution >= 4 is 0 Å². The van der Waals surface area contributed by atoms with Crippen molar-refractivity contribution < 1.29 is 8.78 Å². The minimum atomic E-state index is -1.32. The molecule has 1 rings (SSSR count). The Morgan fingerprint density at radius 1 is 1.06 bits per heavy atom. The lowest BCUT2D eigenvalue weighted by atomic mass is 9.77. The van der Waals surface area contributed by atoms with E-state index in [9.17, 15) is 8.78 Å². The average Bonchev–Trinajstić information content (AvgIpc) is 2.37. The maximum absolute atomic E-state index is 13.9. The van der Waals surface area contributed by atoms with E-state index in [4.69, 9.17) is 0 Å². The number of rotatable bonds is 6. The van der Waals surface area contributed by atoms with Crippen molar-refractivity contribution in [1.82, 2.24) is 0 Å². The van der Waals surface area contributed by atoms with E-state index >= 15 is 0 Å². The Labute approximate surface area is 111 Å². The summed E-state index contributed by atoms with van der Waals surface area (Å²) in [4.78, 5) is 0. The SMILES string of the molecule is C=CC1CCC(CC(C)C(F)C(F)C(C)C)CC1. The molecular formula is C16H28F2. The molecule has 106 valence electrons. The number of hydrogen-bond acceptors (Lipinski definition) is 0. The first-order valence-corrected chi connectivity index (χ1v) is 7.36. The van der Waals surface area contributed by atoms with Crippen molar-refractivity contribution in [2.24, 2.45) is 23.7 Å². The molecule has 1 aliphatic rings.